The van der Waals surface area contributed by atoms with Crippen LogP contribution in [0.2, 0.25) is 0 Å². The van der Waals surface area contributed by atoms with Gasteiger partial charge in [0, 0.05) is 25.5 Å². The molecule has 0 amide bonds. The Balaban J connectivity index is 1.69. The molecule has 2 aromatic carbocycles. The number of aromatic nitrogens is 1. The molecule has 0 bridgehead atoms. The average molecular weight is 581 g/mol. The zero-order valence-electron chi connectivity index (χ0n) is 23.9. The van der Waals surface area contributed by atoms with Crippen LogP contribution in [0.25, 0.3) is 0 Å². The zero-order valence-corrected chi connectivity index (χ0v) is 24.7. The van der Waals surface area contributed by atoms with Crippen LogP contribution in [-0.2, 0) is 37.4 Å². The number of benzene rings is 2. The van der Waals surface area contributed by atoms with Crippen molar-refractivity contribution in [2.75, 3.05) is 13.2 Å². The first-order valence-electron chi connectivity index (χ1n) is 14.4. The summed E-state index contributed by atoms with van der Waals surface area (Å²) in [6, 6.07) is 18.3. The first-order valence-corrected chi connectivity index (χ1v) is 15.8. The lowest BCUT2D eigenvalue weighted by Gasteiger charge is -2.38. The molecule has 8 nitrogen and oxygen atoms in total. The molecule has 0 N–H and O–H groups in total. The third-order valence-electron chi connectivity index (χ3n) is 7.33. The molecule has 1 aromatic heterocycles. The number of hydrogen-bond donors (Lipinski definition) is 0. The van der Waals surface area contributed by atoms with Crippen molar-refractivity contribution in [3.05, 3.63) is 90.3 Å². The summed E-state index contributed by atoms with van der Waals surface area (Å²) >= 11 is 0. The van der Waals surface area contributed by atoms with Crippen molar-refractivity contribution in [3.63, 3.8) is 0 Å². The van der Waals surface area contributed by atoms with Gasteiger partial charge in [-0.1, -0.05) is 37.3 Å². The van der Waals surface area contributed by atoms with E-state index in [2.05, 4.69) is 11.9 Å². The third-order valence-corrected chi connectivity index (χ3v) is 9.17. The largest absolute Gasteiger partial charge is 0.494 e. The van der Waals surface area contributed by atoms with Gasteiger partial charge in [-0.25, -0.2) is 8.42 Å². The van der Waals surface area contributed by atoms with Gasteiger partial charge in [0.25, 0.3) is 0 Å². The van der Waals surface area contributed by atoms with E-state index in [1.165, 1.54) is 16.4 Å². The van der Waals surface area contributed by atoms with Gasteiger partial charge in [-0.05, 0) is 92.5 Å². The van der Waals surface area contributed by atoms with Gasteiger partial charge in [0.05, 0.1) is 17.6 Å². The van der Waals surface area contributed by atoms with Crippen LogP contribution in [0.1, 0.15) is 57.1 Å². The molecule has 4 rings (SSSR count). The highest BCUT2D eigenvalue weighted by molar-refractivity contribution is 7.89. The lowest BCUT2D eigenvalue weighted by Crippen LogP contribution is -2.50. The Kier molecular flexibility index (Phi) is 11.3. The number of carbonyl (C=O) groups excluding carboxylic acids is 1. The van der Waals surface area contributed by atoms with Gasteiger partial charge < -0.3 is 14.2 Å². The molecule has 1 saturated carbocycles. The van der Waals surface area contributed by atoms with Crippen LogP contribution in [0.4, 0.5) is 0 Å². The number of rotatable bonds is 14. The first-order chi connectivity index (χ1) is 19.9. The van der Waals surface area contributed by atoms with Crippen molar-refractivity contribution >= 4 is 16.0 Å². The molecule has 0 spiro atoms. The van der Waals surface area contributed by atoms with E-state index >= 15 is 0 Å². The summed E-state index contributed by atoms with van der Waals surface area (Å²) in [6.07, 6.45) is 7.14. The Morgan fingerprint density at radius 1 is 0.927 bits per heavy atom. The Morgan fingerprint density at radius 2 is 1.61 bits per heavy atom. The Morgan fingerprint density at radius 3 is 2.24 bits per heavy atom. The van der Waals surface area contributed by atoms with E-state index in [4.69, 9.17) is 14.2 Å². The van der Waals surface area contributed by atoms with Crippen LogP contribution < -0.4 is 4.74 Å². The van der Waals surface area contributed by atoms with Gasteiger partial charge in [-0.15, -0.1) is 0 Å². The van der Waals surface area contributed by atoms with E-state index in [1.54, 1.807) is 36.7 Å². The average Bonchev–Trinajstić information content (AvgIpc) is 3.01. The van der Waals surface area contributed by atoms with Gasteiger partial charge >= 0.3 is 5.97 Å². The standard InChI is InChI=1S/C32H40N2O6S/c1-3-22-39-29-12-10-27(11-13-29)31(32(35)40-24-26-8-6-5-7-9-26)34(23-25-18-20-33-21-19-25)41(36,37)30-16-14-28(15-17-30)38-4-2/h5-9,14-21,27,29,31H,3-4,10-13,22-24H2,1-2H3/t27?,29?,31-/m1/s1. The van der Waals surface area contributed by atoms with Gasteiger partial charge in [-0.2, -0.15) is 4.31 Å². The Hall–Kier alpha value is -3.27. The van der Waals surface area contributed by atoms with Gasteiger partial charge in [0.2, 0.25) is 10.0 Å². The van der Waals surface area contributed by atoms with Gasteiger partial charge in [0.15, 0.2) is 0 Å². The topological polar surface area (TPSA) is 95.0 Å². The van der Waals surface area contributed by atoms with E-state index in [0.717, 1.165) is 30.4 Å². The molecular formula is C32H40N2O6S. The van der Waals surface area contributed by atoms with Crippen LogP contribution in [0, 0.1) is 5.92 Å². The van der Waals surface area contributed by atoms with Crippen molar-refractivity contribution in [2.24, 2.45) is 5.92 Å². The SMILES string of the molecule is CCCOC1CCC([C@H](C(=O)OCc2ccccc2)N(Cc2ccncc2)S(=O)(=O)c2ccc(OCC)cc2)CC1. The van der Waals surface area contributed by atoms with Crippen LogP contribution in [-0.4, -0.2) is 49.0 Å². The van der Waals surface area contributed by atoms with Crippen molar-refractivity contribution in [3.8, 4) is 5.75 Å². The van der Waals surface area contributed by atoms with Crippen molar-refractivity contribution in [1.29, 1.82) is 0 Å². The molecule has 220 valence electrons. The molecule has 1 atom stereocenters. The summed E-state index contributed by atoms with van der Waals surface area (Å²) in [7, 11) is -4.11. The molecule has 0 unspecified atom stereocenters. The number of esters is 1. The van der Waals surface area contributed by atoms with Crippen LogP contribution in [0.5, 0.6) is 5.75 Å². The fraction of sp³-hybridized carbons (Fsp3) is 0.438. The molecule has 9 heteroatoms. The summed E-state index contributed by atoms with van der Waals surface area (Å²) in [5.41, 5.74) is 1.57. The van der Waals surface area contributed by atoms with Crippen molar-refractivity contribution < 1.29 is 27.4 Å². The van der Waals surface area contributed by atoms with E-state index < -0.39 is 22.0 Å². The van der Waals surface area contributed by atoms with E-state index in [-0.39, 0.29) is 30.1 Å². The minimum absolute atomic E-state index is 0.00936. The molecule has 1 aliphatic rings. The summed E-state index contributed by atoms with van der Waals surface area (Å²) < 4.78 is 47.3. The number of ether oxygens (including phenoxy) is 3. The maximum Gasteiger partial charge on any atom is 0.325 e. The minimum atomic E-state index is -4.11. The number of hydrogen-bond acceptors (Lipinski definition) is 7. The van der Waals surface area contributed by atoms with E-state index in [0.29, 0.717) is 31.8 Å². The fourth-order valence-electron chi connectivity index (χ4n) is 5.23. The first kappa shape index (κ1) is 30.7. The molecule has 41 heavy (non-hydrogen) atoms. The normalized spacial score (nSPS) is 18.1. The molecular weight excluding hydrogens is 540 g/mol. The predicted molar refractivity (Wildman–Crippen MR) is 157 cm³/mol. The second kappa shape index (κ2) is 15.1. The number of pyridine rings is 1. The van der Waals surface area contributed by atoms with Crippen LogP contribution in [0.15, 0.2) is 84.0 Å². The highest BCUT2D eigenvalue weighted by atomic mass is 32.2. The highest BCUT2D eigenvalue weighted by Crippen LogP contribution is 2.35. The van der Waals surface area contributed by atoms with Crippen LogP contribution >= 0.6 is 0 Å². The number of nitrogens with zero attached hydrogens (tertiary/aromatic N) is 2. The fourth-order valence-corrected chi connectivity index (χ4v) is 6.85. The number of sulfonamides is 1. The van der Waals surface area contributed by atoms with Crippen LogP contribution in [0.3, 0.4) is 0 Å². The quantitative estimate of drug-likeness (QED) is 0.224. The molecule has 0 saturated heterocycles. The second-order valence-electron chi connectivity index (χ2n) is 10.3. The molecule has 3 aromatic rings. The molecule has 0 radical (unpaired) electrons. The van der Waals surface area contributed by atoms with E-state index in [1.807, 2.05) is 37.3 Å². The zero-order chi connectivity index (χ0) is 29.1. The monoisotopic (exact) mass is 580 g/mol. The smallest absolute Gasteiger partial charge is 0.325 e. The van der Waals surface area contributed by atoms with Crippen molar-refractivity contribution in [2.45, 2.75) is 76.1 Å². The lowest BCUT2D eigenvalue weighted by molar-refractivity contribution is -0.152. The maximum absolute atomic E-state index is 14.3. The lowest BCUT2D eigenvalue weighted by atomic mass is 9.82. The maximum atomic E-state index is 14.3. The number of carbonyl (C=O) groups is 1. The summed E-state index contributed by atoms with van der Waals surface area (Å²) in [5, 5.41) is 0. The molecule has 0 aliphatic heterocycles. The molecule has 1 fully saturated rings. The summed E-state index contributed by atoms with van der Waals surface area (Å²) in [4.78, 5) is 18.1. The summed E-state index contributed by atoms with van der Waals surface area (Å²) in [6.45, 7) is 5.19. The Labute approximate surface area is 243 Å². The third kappa shape index (κ3) is 8.38. The molecule has 1 aliphatic carbocycles. The van der Waals surface area contributed by atoms with Gasteiger partial charge in [-0.3, -0.25) is 9.78 Å². The van der Waals surface area contributed by atoms with E-state index in [9.17, 15) is 13.2 Å². The summed E-state index contributed by atoms with van der Waals surface area (Å²) in [5.74, 6) is -0.189. The highest BCUT2D eigenvalue weighted by Gasteiger charge is 2.43. The molecule has 1 heterocycles. The predicted octanol–water partition coefficient (Wildman–Crippen LogP) is 5.77. The van der Waals surface area contributed by atoms with Gasteiger partial charge in [0.1, 0.15) is 18.4 Å². The minimum Gasteiger partial charge on any atom is -0.494 e. The Bertz CT molecular complexity index is 1310. The second-order valence-corrected chi connectivity index (χ2v) is 12.1. The van der Waals surface area contributed by atoms with Crippen molar-refractivity contribution in [1.82, 2.24) is 9.29 Å².